The molecule has 0 heterocycles. The minimum Gasteiger partial charge on any atom is -0.383 e. The van der Waals surface area contributed by atoms with Gasteiger partial charge in [0.05, 0.1) is 4.92 Å². The first kappa shape index (κ1) is 17.4. The van der Waals surface area contributed by atoms with E-state index in [-0.39, 0.29) is 22.1 Å². The predicted octanol–water partition coefficient (Wildman–Crippen LogP) is 3.57. The number of anilines is 1. The number of benzene rings is 1. The Hall–Kier alpha value is -2.44. The zero-order valence-electron chi connectivity index (χ0n) is 15.0. The minimum atomic E-state index is -0.506. The summed E-state index contributed by atoms with van der Waals surface area (Å²) in [6.45, 7) is 6.77. The van der Waals surface area contributed by atoms with Gasteiger partial charge >= 0.3 is 0 Å². The lowest BCUT2D eigenvalue weighted by Crippen LogP contribution is -2.34. The Balaban J connectivity index is 1.80. The molecular weight excluding hydrogens is 320 g/mol. The Kier molecular flexibility index (Phi) is 4.05. The molecule has 0 aromatic heterocycles. The van der Waals surface area contributed by atoms with Crippen molar-refractivity contribution in [2.24, 2.45) is 21.8 Å². The summed E-state index contributed by atoms with van der Waals surface area (Å²) >= 11 is 0. The molecule has 0 spiro atoms. The van der Waals surface area contributed by atoms with Crippen LogP contribution in [-0.2, 0) is 0 Å². The van der Waals surface area contributed by atoms with E-state index in [1.165, 1.54) is 18.6 Å². The third-order valence-corrected chi connectivity index (χ3v) is 6.53. The first-order chi connectivity index (χ1) is 11.7. The van der Waals surface area contributed by atoms with Crippen LogP contribution in [0.3, 0.4) is 0 Å². The maximum atomic E-state index is 12.4. The third kappa shape index (κ3) is 2.58. The Morgan fingerprint density at radius 2 is 2.08 bits per heavy atom. The highest BCUT2D eigenvalue weighted by Gasteiger charge is 2.60. The molecule has 2 fully saturated rings. The number of nitro benzene ring substituents is 1. The summed E-state index contributed by atoms with van der Waals surface area (Å²) in [5.74, 6) is 0.173. The van der Waals surface area contributed by atoms with Crippen molar-refractivity contribution in [1.29, 1.82) is 0 Å². The number of hydrogen-bond donors (Lipinski definition) is 2. The normalized spacial score (nSPS) is 28.2. The van der Waals surface area contributed by atoms with Crippen molar-refractivity contribution in [1.82, 2.24) is 5.43 Å². The van der Waals surface area contributed by atoms with E-state index >= 15 is 0 Å². The van der Waals surface area contributed by atoms with Gasteiger partial charge in [-0.25, -0.2) is 5.43 Å². The third-order valence-electron chi connectivity index (χ3n) is 6.53. The lowest BCUT2D eigenvalue weighted by molar-refractivity contribution is -0.384. The molecule has 0 aliphatic heterocycles. The van der Waals surface area contributed by atoms with Crippen molar-refractivity contribution in [2.45, 2.75) is 40.0 Å². The largest absolute Gasteiger partial charge is 0.383 e. The quantitative estimate of drug-likeness (QED) is 0.644. The summed E-state index contributed by atoms with van der Waals surface area (Å²) < 4.78 is 0. The fourth-order valence-corrected chi connectivity index (χ4v) is 4.32. The molecule has 2 aliphatic carbocycles. The van der Waals surface area contributed by atoms with Crippen molar-refractivity contribution in [2.75, 3.05) is 12.4 Å². The van der Waals surface area contributed by atoms with Gasteiger partial charge < -0.3 is 5.32 Å². The van der Waals surface area contributed by atoms with Crippen molar-refractivity contribution >= 4 is 23.0 Å². The average Bonchev–Trinajstić information content (AvgIpc) is 2.92. The molecule has 1 amide bonds. The van der Waals surface area contributed by atoms with E-state index in [4.69, 9.17) is 0 Å². The van der Waals surface area contributed by atoms with Crippen LogP contribution in [0.4, 0.5) is 11.4 Å². The van der Waals surface area contributed by atoms with Gasteiger partial charge in [-0.1, -0.05) is 20.8 Å². The van der Waals surface area contributed by atoms with Crippen LogP contribution >= 0.6 is 0 Å². The summed E-state index contributed by atoms with van der Waals surface area (Å²) in [4.78, 5) is 23.0. The van der Waals surface area contributed by atoms with Gasteiger partial charge in [0.15, 0.2) is 0 Å². The number of nitrogens with zero attached hydrogens (tertiary/aromatic N) is 2. The van der Waals surface area contributed by atoms with Crippen LogP contribution in [-0.4, -0.2) is 23.6 Å². The van der Waals surface area contributed by atoms with Crippen LogP contribution in [0.25, 0.3) is 0 Å². The van der Waals surface area contributed by atoms with Crippen molar-refractivity contribution in [3.63, 3.8) is 0 Å². The van der Waals surface area contributed by atoms with E-state index in [0.29, 0.717) is 11.6 Å². The molecule has 1 aromatic rings. The summed E-state index contributed by atoms with van der Waals surface area (Å²) in [6.07, 6.45) is 3.19. The summed E-state index contributed by atoms with van der Waals surface area (Å²) in [7, 11) is 1.60. The lowest BCUT2D eigenvalue weighted by atomic mass is 9.70. The number of hydrazone groups is 1. The highest BCUT2D eigenvalue weighted by molar-refractivity contribution is 5.98. The molecule has 134 valence electrons. The zero-order chi connectivity index (χ0) is 18.4. The highest BCUT2D eigenvalue weighted by atomic mass is 16.6. The zero-order valence-corrected chi connectivity index (χ0v) is 15.0. The summed E-state index contributed by atoms with van der Waals surface area (Å²) in [5.41, 5.74) is 4.29. The van der Waals surface area contributed by atoms with Gasteiger partial charge in [0.1, 0.15) is 5.69 Å². The fourth-order valence-electron chi connectivity index (χ4n) is 4.32. The molecule has 7 heteroatoms. The Morgan fingerprint density at radius 3 is 2.60 bits per heavy atom. The smallest absolute Gasteiger partial charge is 0.293 e. The van der Waals surface area contributed by atoms with E-state index in [1.54, 1.807) is 13.1 Å². The number of carbonyl (C=O) groups excluding carboxylic acids is 1. The number of hydrogen-bond acceptors (Lipinski definition) is 5. The first-order valence-electron chi connectivity index (χ1n) is 8.54. The molecule has 2 atom stereocenters. The maximum Gasteiger partial charge on any atom is 0.293 e. The van der Waals surface area contributed by atoms with Gasteiger partial charge in [0.25, 0.3) is 11.6 Å². The van der Waals surface area contributed by atoms with Crippen molar-refractivity contribution in [3.8, 4) is 0 Å². The molecular formula is C18H24N4O3. The molecule has 0 saturated heterocycles. The van der Waals surface area contributed by atoms with E-state index in [2.05, 4.69) is 36.6 Å². The van der Waals surface area contributed by atoms with Crippen molar-refractivity contribution < 1.29 is 9.72 Å². The molecule has 0 unspecified atom stereocenters. The number of amides is 1. The number of fused-ring (bicyclic) bond motifs is 2. The van der Waals surface area contributed by atoms with Gasteiger partial charge in [-0.2, -0.15) is 5.10 Å². The van der Waals surface area contributed by atoms with Crippen molar-refractivity contribution in [3.05, 3.63) is 33.9 Å². The van der Waals surface area contributed by atoms with E-state index in [9.17, 15) is 14.9 Å². The molecule has 1 aromatic carbocycles. The van der Waals surface area contributed by atoms with Crippen LogP contribution in [0.5, 0.6) is 0 Å². The van der Waals surface area contributed by atoms with E-state index < -0.39 is 10.8 Å². The Bertz CT molecular complexity index is 772. The second-order valence-electron chi connectivity index (χ2n) is 7.73. The molecule has 2 N–H and O–H groups in total. The second kappa shape index (κ2) is 5.82. The van der Waals surface area contributed by atoms with Gasteiger partial charge in [-0.15, -0.1) is 0 Å². The topological polar surface area (TPSA) is 96.6 Å². The minimum absolute atomic E-state index is 0.00688. The number of carbonyl (C=O) groups is 1. The maximum absolute atomic E-state index is 12.4. The molecule has 2 saturated carbocycles. The summed E-state index contributed by atoms with van der Waals surface area (Å²) in [5, 5.41) is 18.3. The molecule has 7 nitrogen and oxygen atoms in total. The monoisotopic (exact) mass is 344 g/mol. The van der Waals surface area contributed by atoms with Crippen LogP contribution in [0.2, 0.25) is 0 Å². The molecule has 25 heavy (non-hydrogen) atoms. The number of nitro groups is 1. The van der Waals surface area contributed by atoms with Crippen LogP contribution in [0.15, 0.2) is 23.3 Å². The lowest BCUT2D eigenvalue weighted by Gasteiger charge is -2.34. The number of nitrogens with one attached hydrogen (secondary N) is 2. The standard InChI is InChI=1S/C18H24N4O3/c1-17(2)12-7-8-18(17,3)15(10-12)20-21-16(23)11-5-6-13(19-4)14(9-11)22(24)25/h5-6,9,12,19H,7-8,10H2,1-4H3,(H,21,23)/b20-15-/t12-,18-/m0/s1. The Morgan fingerprint density at radius 1 is 1.36 bits per heavy atom. The Labute approximate surface area is 147 Å². The molecule has 0 radical (unpaired) electrons. The predicted molar refractivity (Wildman–Crippen MR) is 96.8 cm³/mol. The highest BCUT2D eigenvalue weighted by Crippen LogP contribution is 2.63. The van der Waals surface area contributed by atoms with Gasteiger partial charge in [-0.05, 0) is 42.7 Å². The van der Waals surface area contributed by atoms with E-state index in [1.807, 2.05) is 0 Å². The summed E-state index contributed by atoms with van der Waals surface area (Å²) in [6, 6.07) is 4.36. The molecule has 3 rings (SSSR count). The first-order valence-corrected chi connectivity index (χ1v) is 8.54. The van der Waals surface area contributed by atoms with E-state index in [0.717, 1.165) is 18.6 Å². The second-order valence-corrected chi connectivity index (χ2v) is 7.73. The van der Waals surface area contributed by atoms with Gasteiger partial charge in [0, 0.05) is 29.8 Å². The van der Waals surface area contributed by atoms with Crippen LogP contribution in [0, 0.1) is 26.9 Å². The SMILES string of the molecule is CNc1ccc(C(=O)N/N=C2/C[C@@H]3CC[C@]2(C)C3(C)C)cc1[N+](=O)[O-]. The molecule has 2 aliphatic rings. The van der Waals surface area contributed by atoms with Crippen LogP contribution < -0.4 is 10.7 Å². The van der Waals surface area contributed by atoms with Gasteiger partial charge in [-0.3, -0.25) is 14.9 Å². The number of rotatable bonds is 4. The average molecular weight is 344 g/mol. The van der Waals surface area contributed by atoms with Crippen LogP contribution in [0.1, 0.15) is 50.4 Å². The van der Waals surface area contributed by atoms with Gasteiger partial charge in [0.2, 0.25) is 0 Å². The fraction of sp³-hybridized carbons (Fsp3) is 0.556. The molecule has 2 bridgehead atoms.